The summed E-state index contributed by atoms with van der Waals surface area (Å²) in [4.78, 5) is 10.6. The molecule has 0 saturated heterocycles. The minimum Gasteiger partial charge on any atom is -0.496 e. The Labute approximate surface area is 150 Å². The number of benzene rings is 2. The molecule has 0 atom stereocenters. The van der Waals surface area contributed by atoms with Crippen LogP contribution >= 0.6 is 15.9 Å². The minimum absolute atomic E-state index is 0.0866. The normalized spacial score (nSPS) is 10.5. The standard InChI is InChI=1S/C16H12BrN3O5/c1-23-12-6-7-14(13(8-12)20(21)22)24-9-15-18-19-16(25-15)10-2-4-11(17)5-3-10/h2-8H,9H2,1H3. The third kappa shape index (κ3) is 3.94. The van der Waals surface area contributed by atoms with Gasteiger partial charge in [0, 0.05) is 10.0 Å². The van der Waals surface area contributed by atoms with Crippen LogP contribution in [-0.2, 0) is 6.61 Å². The Morgan fingerprint density at radius 2 is 1.96 bits per heavy atom. The van der Waals surface area contributed by atoms with E-state index in [-0.39, 0.29) is 23.9 Å². The van der Waals surface area contributed by atoms with Crippen molar-refractivity contribution < 1.29 is 18.8 Å². The van der Waals surface area contributed by atoms with Crippen molar-refractivity contribution in [3.05, 3.63) is 62.9 Å². The average molecular weight is 406 g/mol. The molecule has 0 fully saturated rings. The van der Waals surface area contributed by atoms with Crippen molar-refractivity contribution in [2.45, 2.75) is 6.61 Å². The van der Waals surface area contributed by atoms with Crippen LogP contribution in [-0.4, -0.2) is 22.2 Å². The van der Waals surface area contributed by atoms with Crippen LogP contribution in [0.5, 0.6) is 11.5 Å². The van der Waals surface area contributed by atoms with Crippen molar-refractivity contribution in [1.82, 2.24) is 10.2 Å². The summed E-state index contributed by atoms with van der Waals surface area (Å²) in [5.74, 6) is 1.02. The van der Waals surface area contributed by atoms with Crippen LogP contribution in [0, 0.1) is 10.1 Å². The number of aromatic nitrogens is 2. The first-order valence-corrected chi connectivity index (χ1v) is 7.89. The molecule has 0 unspecified atom stereocenters. The Balaban J connectivity index is 1.74. The van der Waals surface area contributed by atoms with Gasteiger partial charge in [-0.3, -0.25) is 10.1 Å². The van der Waals surface area contributed by atoms with Gasteiger partial charge in [0.15, 0.2) is 12.4 Å². The van der Waals surface area contributed by atoms with Gasteiger partial charge in [-0.05, 0) is 36.4 Å². The predicted molar refractivity (Wildman–Crippen MR) is 91.4 cm³/mol. The highest BCUT2D eigenvalue weighted by Crippen LogP contribution is 2.31. The second-order valence-electron chi connectivity index (χ2n) is 4.89. The zero-order valence-electron chi connectivity index (χ0n) is 13.0. The van der Waals surface area contributed by atoms with Gasteiger partial charge in [-0.25, -0.2) is 0 Å². The topological polar surface area (TPSA) is 101 Å². The second-order valence-corrected chi connectivity index (χ2v) is 5.80. The summed E-state index contributed by atoms with van der Waals surface area (Å²) in [6.45, 7) is -0.0866. The molecule has 3 aromatic rings. The number of ether oxygens (including phenoxy) is 2. The van der Waals surface area contributed by atoms with Crippen LogP contribution in [0.25, 0.3) is 11.5 Å². The van der Waals surface area contributed by atoms with Crippen LogP contribution in [0.15, 0.2) is 51.4 Å². The Morgan fingerprint density at radius 3 is 2.64 bits per heavy atom. The van der Waals surface area contributed by atoms with Crippen molar-refractivity contribution in [3.63, 3.8) is 0 Å². The largest absolute Gasteiger partial charge is 0.496 e. The summed E-state index contributed by atoms with van der Waals surface area (Å²) in [7, 11) is 1.43. The number of methoxy groups -OCH3 is 1. The van der Waals surface area contributed by atoms with Crippen molar-refractivity contribution in [1.29, 1.82) is 0 Å². The van der Waals surface area contributed by atoms with Gasteiger partial charge in [-0.1, -0.05) is 15.9 Å². The summed E-state index contributed by atoms with van der Waals surface area (Å²) in [5.41, 5.74) is 0.560. The molecule has 0 radical (unpaired) electrons. The van der Waals surface area contributed by atoms with Crippen LogP contribution in [0.4, 0.5) is 5.69 Å². The monoisotopic (exact) mass is 405 g/mol. The van der Waals surface area contributed by atoms with Crippen molar-refractivity contribution in [2.75, 3.05) is 7.11 Å². The van der Waals surface area contributed by atoms with Gasteiger partial charge >= 0.3 is 5.69 Å². The molecule has 9 heteroatoms. The highest BCUT2D eigenvalue weighted by Gasteiger charge is 2.18. The van der Waals surface area contributed by atoms with E-state index in [9.17, 15) is 10.1 Å². The molecule has 0 aliphatic heterocycles. The van der Waals surface area contributed by atoms with Gasteiger partial charge < -0.3 is 13.9 Å². The lowest BCUT2D eigenvalue weighted by molar-refractivity contribution is -0.386. The highest BCUT2D eigenvalue weighted by molar-refractivity contribution is 9.10. The summed E-state index contributed by atoms with van der Waals surface area (Å²) in [5, 5.41) is 19.0. The number of nitrogens with zero attached hydrogens (tertiary/aromatic N) is 3. The number of hydrogen-bond acceptors (Lipinski definition) is 7. The molecular weight excluding hydrogens is 394 g/mol. The maximum Gasteiger partial charge on any atom is 0.314 e. The van der Waals surface area contributed by atoms with E-state index in [1.165, 1.54) is 19.2 Å². The van der Waals surface area contributed by atoms with Gasteiger partial charge in [-0.15, -0.1) is 10.2 Å². The Kier molecular flexibility index (Phi) is 4.94. The maximum atomic E-state index is 11.1. The quantitative estimate of drug-likeness (QED) is 0.451. The molecule has 1 aromatic heterocycles. The molecule has 128 valence electrons. The van der Waals surface area contributed by atoms with Gasteiger partial charge in [0.25, 0.3) is 5.89 Å². The van der Waals surface area contributed by atoms with Gasteiger partial charge in [0.05, 0.1) is 18.1 Å². The third-order valence-electron chi connectivity index (χ3n) is 3.27. The fraction of sp³-hybridized carbons (Fsp3) is 0.125. The SMILES string of the molecule is COc1ccc(OCc2nnc(-c3ccc(Br)cc3)o2)c([N+](=O)[O-])c1. The molecule has 25 heavy (non-hydrogen) atoms. The fourth-order valence-electron chi connectivity index (χ4n) is 2.05. The predicted octanol–water partition coefficient (Wildman–Crippen LogP) is 3.99. The van der Waals surface area contributed by atoms with E-state index >= 15 is 0 Å². The molecule has 8 nitrogen and oxygen atoms in total. The van der Waals surface area contributed by atoms with Crippen LogP contribution in [0.3, 0.4) is 0 Å². The van der Waals surface area contributed by atoms with Gasteiger partial charge in [0.2, 0.25) is 5.89 Å². The first-order chi connectivity index (χ1) is 12.1. The Hall–Kier alpha value is -2.94. The summed E-state index contributed by atoms with van der Waals surface area (Å²) in [6, 6.07) is 11.7. The second kappa shape index (κ2) is 7.31. The highest BCUT2D eigenvalue weighted by atomic mass is 79.9. The fourth-order valence-corrected chi connectivity index (χ4v) is 2.31. The number of nitro groups is 1. The molecule has 0 aliphatic carbocycles. The van der Waals surface area contributed by atoms with E-state index in [0.29, 0.717) is 11.6 Å². The summed E-state index contributed by atoms with van der Waals surface area (Å²) >= 11 is 3.35. The Bertz CT molecular complexity index is 895. The van der Waals surface area contributed by atoms with Crippen molar-refractivity contribution in [3.8, 4) is 23.0 Å². The van der Waals surface area contributed by atoms with E-state index in [0.717, 1.165) is 10.0 Å². The van der Waals surface area contributed by atoms with Crippen LogP contribution in [0.1, 0.15) is 5.89 Å². The molecule has 0 saturated carbocycles. The first kappa shape index (κ1) is 16.9. The van der Waals surface area contributed by atoms with E-state index < -0.39 is 4.92 Å². The van der Waals surface area contributed by atoms with Crippen molar-refractivity contribution >= 4 is 21.6 Å². The lowest BCUT2D eigenvalue weighted by atomic mass is 10.2. The summed E-state index contributed by atoms with van der Waals surface area (Å²) < 4.78 is 16.9. The molecule has 0 aliphatic rings. The smallest absolute Gasteiger partial charge is 0.314 e. The number of nitro benzene ring substituents is 1. The lowest BCUT2D eigenvalue weighted by Crippen LogP contribution is -2.00. The molecule has 0 bridgehead atoms. The number of rotatable bonds is 6. The van der Waals surface area contributed by atoms with Crippen molar-refractivity contribution in [2.24, 2.45) is 0 Å². The number of halogens is 1. The molecule has 0 amide bonds. The van der Waals surface area contributed by atoms with Crippen LogP contribution < -0.4 is 9.47 Å². The average Bonchev–Trinajstić information content (AvgIpc) is 3.09. The zero-order chi connectivity index (χ0) is 17.8. The molecule has 0 N–H and O–H groups in total. The first-order valence-electron chi connectivity index (χ1n) is 7.10. The number of hydrogen-bond donors (Lipinski definition) is 0. The Morgan fingerprint density at radius 1 is 1.20 bits per heavy atom. The summed E-state index contributed by atoms with van der Waals surface area (Å²) in [6.07, 6.45) is 0. The van der Waals surface area contributed by atoms with E-state index in [4.69, 9.17) is 13.9 Å². The molecule has 3 rings (SSSR count). The molecular formula is C16H12BrN3O5. The van der Waals surface area contributed by atoms with Gasteiger partial charge in [-0.2, -0.15) is 0 Å². The maximum absolute atomic E-state index is 11.1. The molecule has 0 spiro atoms. The van der Waals surface area contributed by atoms with E-state index in [1.54, 1.807) is 6.07 Å². The molecule has 1 heterocycles. The molecule has 2 aromatic carbocycles. The van der Waals surface area contributed by atoms with Crippen LogP contribution in [0.2, 0.25) is 0 Å². The lowest BCUT2D eigenvalue weighted by Gasteiger charge is -2.06. The van der Waals surface area contributed by atoms with E-state index in [2.05, 4.69) is 26.1 Å². The van der Waals surface area contributed by atoms with Gasteiger partial charge in [0.1, 0.15) is 5.75 Å². The zero-order valence-corrected chi connectivity index (χ0v) is 14.6. The minimum atomic E-state index is -0.543. The third-order valence-corrected chi connectivity index (χ3v) is 3.80. The van der Waals surface area contributed by atoms with E-state index in [1.807, 2.05) is 24.3 Å².